The van der Waals surface area contributed by atoms with Crippen LogP contribution in [-0.2, 0) is 9.47 Å². The molecule has 0 radical (unpaired) electrons. The second-order valence-electron chi connectivity index (χ2n) is 5.63. The smallest absolute Gasteiger partial charge is 0.338 e. The predicted molar refractivity (Wildman–Crippen MR) is 95.4 cm³/mol. The van der Waals surface area contributed by atoms with Crippen LogP contribution in [0.4, 0.5) is 11.5 Å². The zero-order chi connectivity index (χ0) is 18.4. The summed E-state index contributed by atoms with van der Waals surface area (Å²) >= 11 is 0. The van der Waals surface area contributed by atoms with E-state index in [9.17, 15) is 9.59 Å². The molecule has 3 rings (SSSR count). The topological polar surface area (TPSA) is 93.7 Å². The van der Waals surface area contributed by atoms with Crippen molar-refractivity contribution in [3.63, 3.8) is 0 Å². The molecule has 0 atom stereocenters. The molecule has 8 nitrogen and oxygen atoms in total. The molecule has 1 aliphatic heterocycles. The van der Waals surface area contributed by atoms with E-state index in [2.05, 4.69) is 20.4 Å². The summed E-state index contributed by atoms with van der Waals surface area (Å²) in [6.45, 7) is 4.89. The Bertz CT molecular complexity index is 756. The van der Waals surface area contributed by atoms with Gasteiger partial charge in [0.2, 0.25) is 0 Å². The van der Waals surface area contributed by atoms with Crippen molar-refractivity contribution in [2.75, 3.05) is 43.1 Å². The number of hydrogen-bond donors (Lipinski definition) is 1. The fourth-order valence-electron chi connectivity index (χ4n) is 2.51. The van der Waals surface area contributed by atoms with Crippen LogP contribution in [0.3, 0.4) is 0 Å². The zero-order valence-corrected chi connectivity index (χ0v) is 14.5. The molecule has 0 saturated carbocycles. The molecule has 1 N–H and O–H groups in total. The Morgan fingerprint density at radius 1 is 1.12 bits per heavy atom. The molecule has 0 aliphatic carbocycles. The first-order valence-corrected chi connectivity index (χ1v) is 8.42. The first-order valence-electron chi connectivity index (χ1n) is 8.42. The molecule has 26 heavy (non-hydrogen) atoms. The highest BCUT2D eigenvalue weighted by Gasteiger charge is 2.15. The lowest BCUT2D eigenvalue weighted by Crippen LogP contribution is -2.37. The van der Waals surface area contributed by atoms with Gasteiger partial charge in [0.1, 0.15) is 0 Å². The second-order valence-corrected chi connectivity index (χ2v) is 5.63. The van der Waals surface area contributed by atoms with Gasteiger partial charge < -0.3 is 19.7 Å². The van der Waals surface area contributed by atoms with Crippen molar-refractivity contribution in [3.05, 3.63) is 47.7 Å². The van der Waals surface area contributed by atoms with Crippen LogP contribution in [0.1, 0.15) is 27.8 Å². The number of hydrogen-bond acceptors (Lipinski definition) is 7. The number of aromatic nitrogens is 2. The molecular formula is C18H20N4O4. The number of morpholine rings is 1. The van der Waals surface area contributed by atoms with Crippen molar-refractivity contribution < 1.29 is 19.1 Å². The van der Waals surface area contributed by atoms with Crippen molar-refractivity contribution in [3.8, 4) is 0 Å². The Morgan fingerprint density at radius 2 is 1.85 bits per heavy atom. The maximum atomic E-state index is 12.3. The minimum Gasteiger partial charge on any atom is -0.462 e. The lowest BCUT2D eigenvalue weighted by molar-refractivity contribution is 0.0526. The van der Waals surface area contributed by atoms with Crippen molar-refractivity contribution in [1.29, 1.82) is 0 Å². The van der Waals surface area contributed by atoms with Crippen LogP contribution < -0.4 is 10.2 Å². The molecule has 1 aromatic heterocycles. The number of carbonyl (C=O) groups excluding carboxylic acids is 2. The second kappa shape index (κ2) is 8.39. The molecule has 1 saturated heterocycles. The van der Waals surface area contributed by atoms with E-state index in [4.69, 9.17) is 9.47 Å². The van der Waals surface area contributed by atoms with Crippen LogP contribution in [0.2, 0.25) is 0 Å². The first-order chi connectivity index (χ1) is 12.7. The van der Waals surface area contributed by atoms with Gasteiger partial charge in [-0.05, 0) is 43.3 Å². The number of rotatable bonds is 5. The number of carbonyl (C=O) groups is 2. The van der Waals surface area contributed by atoms with Gasteiger partial charge in [-0.3, -0.25) is 4.79 Å². The summed E-state index contributed by atoms with van der Waals surface area (Å²) < 4.78 is 10.2. The third kappa shape index (κ3) is 4.34. The number of nitrogens with zero attached hydrogens (tertiary/aromatic N) is 3. The summed E-state index contributed by atoms with van der Waals surface area (Å²) in [6, 6.07) is 9.89. The molecule has 1 amide bonds. The molecule has 2 aromatic rings. The van der Waals surface area contributed by atoms with Gasteiger partial charge in [0.25, 0.3) is 5.91 Å². The van der Waals surface area contributed by atoms with Gasteiger partial charge in [0.15, 0.2) is 11.5 Å². The lowest BCUT2D eigenvalue weighted by atomic mass is 10.2. The van der Waals surface area contributed by atoms with E-state index in [-0.39, 0.29) is 11.6 Å². The Balaban J connectivity index is 1.61. The quantitative estimate of drug-likeness (QED) is 0.816. The normalized spacial score (nSPS) is 14.0. The van der Waals surface area contributed by atoms with Gasteiger partial charge in [-0.1, -0.05) is 0 Å². The van der Waals surface area contributed by atoms with Gasteiger partial charge >= 0.3 is 5.97 Å². The highest BCUT2D eigenvalue weighted by atomic mass is 16.5. The Hall–Kier alpha value is -3.00. The van der Waals surface area contributed by atoms with Crippen LogP contribution in [0.25, 0.3) is 0 Å². The third-order valence-corrected chi connectivity index (χ3v) is 3.87. The van der Waals surface area contributed by atoms with Gasteiger partial charge in [0, 0.05) is 18.8 Å². The van der Waals surface area contributed by atoms with Gasteiger partial charge in [0.05, 0.1) is 25.4 Å². The molecule has 2 heterocycles. The van der Waals surface area contributed by atoms with E-state index in [1.807, 2.05) is 0 Å². The van der Waals surface area contributed by atoms with Crippen molar-refractivity contribution in [2.45, 2.75) is 6.92 Å². The molecule has 0 unspecified atom stereocenters. The van der Waals surface area contributed by atoms with E-state index in [1.54, 1.807) is 43.3 Å². The highest BCUT2D eigenvalue weighted by Crippen LogP contribution is 2.14. The molecule has 0 spiro atoms. The van der Waals surface area contributed by atoms with Crippen molar-refractivity contribution in [2.24, 2.45) is 0 Å². The SMILES string of the molecule is CCOC(=O)c1ccc(NC(=O)c2ccc(N3CCOCC3)nn2)cc1. The van der Waals surface area contributed by atoms with Crippen LogP contribution in [0.15, 0.2) is 36.4 Å². The van der Waals surface area contributed by atoms with Crippen LogP contribution >= 0.6 is 0 Å². The zero-order valence-electron chi connectivity index (χ0n) is 14.5. The highest BCUT2D eigenvalue weighted by molar-refractivity contribution is 6.03. The Morgan fingerprint density at radius 3 is 2.46 bits per heavy atom. The third-order valence-electron chi connectivity index (χ3n) is 3.87. The van der Waals surface area contributed by atoms with Crippen molar-refractivity contribution in [1.82, 2.24) is 10.2 Å². The molecule has 1 fully saturated rings. The monoisotopic (exact) mass is 356 g/mol. The minimum atomic E-state index is -0.394. The van der Waals surface area contributed by atoms with Crippen LogP contribution in [0.5, 0.6) is 0 Å². The van der Waals surface area contributed by atoms with E-state index < -0.39 is 5.97 Å². The van der Waals surface area contributed by atoms with Gasteiger partial charge in [-0.25, -0.2) is 4.79 Å². The average Bonchev–Trinajstić information content (AvgIpc) is 2.69. The van der Waals surface area contributed by atoms with E-state index >= 15 is 0 Å². The fourth-order valence-corrected chi connectivity index (χ4v) is 2.51. The van der Waals surface area contributed by atoms with Crippen LogP contribution in [-0.4, -0.2) is 55.0 Å². The summed E-state index contributed by atoms with van der Waals surface area (Å²) in [7, 11) is 0. The van der Waals surface area contributed by atoms with Crippen LogP contribution in [0, 0.1) is 0 Å². The first kappa shape index (κ1) is 17.8. The summed E-state index contributed by atoms with van der Waals surface area (Å²) in [4.78, 5) is 26.0. The summed E-state index contributed by atoms with van der Waals surface area (Å²) in [6.07, 6.45) is 0. The lowest BCUT2D eigenvalue weighted by Gasteiger charge is -2.27. The largest absolute Gasteiger partial charge is 0.462 e. The number of benzene rings is 1. The summed E-state index contributed by atoms with van der Waals surface area (Å²) in [5.41, 5.74) is 1.21. The average molecular weight is 356 g/mol. The predicted octanol–water partition coefficient (Wildman–Crippen LogP) is 1.74. The minimum absolute atomic E-state index is 0.219. The standard InChI is InChI=1S/C18H20N4O4/c1-2-26-18(24)13-3-5-14(6-4-13)19-17(23)15-7-8-16(21-20-15)22-9-11-25-12-10-22/h3-8H,2,9-12H2,1H3,(H,19,23). The van der Waals surface area contributed by atoms with E-state index in [1.165, 1.54) is 0 Å². The molecule has 0 bridgehead atoms. The molecule has 8 heteroatoms. The maximum absolute atomic E-state index is 12.3. The number of nitrogens with one attached hydrogen (secondary N) is 1. The summed E-state index contributed by atoms with van der Waals surface area (Å²) in [5, 5.41) is 10.9. The van der Waals surface area contributed by atoms with E-state index in [0.29, 0.717) is 31.1 Å². The number of amides is 1. The molecular weight excluding hydrogens is 336 g/mol. The van der Waals surface area contributed by atoms with E-state index in [0.717, 1.165) is 18.9 Å². The van der Waals surface area contributed by atoms with Gasteiger partial charge in [-0.2, -0.15) is 0 Å². The maximum Gasteiger partial charge on any atom is 0.338 e. The Kier molecular flexibility index (Phi) is 5.75. The number of anilines is 2. The molecule has 1 aliphatic rings. The summed E-state index contributed by atoms with van der Waals surface area (Å²) in [5.74, 6) is -0.0338. The number of ether oxygens (including phenoxy) is 2. The molecule has 136 valence electrons. The van der Waals surface area contributed by atoms with Crippen molar-refractivity contribution >= 4 is 23.4 Å². The fraction of sp³-hybridized carbons (Fsp3) is 0.333. The van der Waals surface area contributed by atoms with Gasteiger partial charge in [-0.15, -0.1) is 10.2 Å². The molecule has 1 aromatic carbocycles. The number of esters is 1. The Labute approximate surface area is 151 Å².